The van der Waals surface area contributed by atoms with Crippen LogP contribution in [0, 0.1) is 0 Å². The van der Waals surface area contributed by atoms with Crippen LogP contribution in [0.4, 0.5) is 0 Å². The third kappa shape index (κ3) is 6.27. The lowest BCUT2D eigenvalue weighted by Gasteiger charge is -2.16. The fourth-order valence-electron chi connectivity index (χ4n) is 1.38. The van der Waals surface area contributed by atoms with Gasteiger partial charge in [0.25, 0.3) is 0 Å². The zero-order valence-corrected chi connectivity index (χ0v) is 14.8. The molecule has 3 nitrogen and oxygen atoms in total. The van der Waals surface area contributed by atoms with Crippen LogP contribution in [0.3, 0.4) is 0 Å². The number of halogens is 2. The molecule has 0 spiro atoms. The van der Waals surface area contributed by atoms with E-state index >= 15 is 0 Å². The van der Waals surface area contributed by atoms with Gasteiger partial charge in [-0.3, -0.25) is 0 Å². The maximum absolute atomic E-state index is 9.20. The summed E-state index contributed by atoms with van der Waals surface area (Å²) in [5.74, 6) is 0.588. The minimum atomic E-state index is -1.07. The first-order valence-electron chi connectivity index (χ1n) is 6.13. The van der Waals surface area contributed by atoms with Gasteiger partial charge in [0, 0.05) is 25.8 Å². The molecule has 0 amide bonds. The molecule has 0 aliphatic rings. The Hall–Kier alpha value is -0.0731. The molecular weight excluding hydrogens is 348 g/mol. The Labute approximate surface area is 129 Å². The smallest absolute Gasteiger partial charge is 0.189 e. The first-order valence-corrected chi connectivity index (χ1v) is 11.0. The number of hydrogen-bond acceptors (Lipinski definition) is 3. The first-order chi connectivity index (χ1) is 8.83. The second-order valence-corrected chi connectivity index (χ2v) is 12.4. The molecule has 6 heteroatoms. The summed E-state index contributed by atoms with van der Waals surface area (Å²) in [5, 5.41) is 9.73. The molecule has 19 heavy (non-hydrogen) atoms. The van der Waals surface area contributed by atoms with Crippen molar-refractivity contribution >= 4 is 35.6 Å². The highest BCUT2D eigenvalue weighted by Crippen LogP contribution is 2.32. The van der Waals surface area contributed by atoms with E-state index in [0.717, 1.165) is 6.04 Å². The van der Waals surface area contributed by atoms with Crippen LogP contribution in [-0.2, 0) is 11.3 Å². The number of aliphatic hydroxyl groups excluding tert-OH is 1. The average molecular weight is 368 g/mol. The molecule has 1 aromatic rings. The van der Waals surface area contributed by atoms with Gasteiger partial charge < -0.3 is 14.6 Å². The lowest BCUT2D eigenvalue weighted by molar-refractivity contribution is 0.0215. The molecule has 0 saturated carbocycles. The summed E-state index contributed by atoms with van der Waals surface area (Å²) in [7, 11) is -1.07. The van der Waals surface area contributed by atoms with E-state index in [2.05, 4.69) is 35.6 Å². The maximum atomic E-state index is 9.20. The minimum absolute atomic E-state index is 0.0893. The van der Waals surface area contributed by atoms with E-state index in [-0.39, 0.29) is 13.4 Å². The van der Waals surface area contributed by atoms with Crippen molar-refractivity contribution in [1.82, 2.24) is 0 Å². The van der Waals surface area contributed by atoms with E-state index in [1.54, 1.807) is 12.1 Å². The average Bonchev–Trinajstić information content (AvgIpc) is 2.31. The molecule has 0 unspecified atom stereocenters. The molecule has 1 N–H and O–H groups in total. The maximum Gasteiger partial charge on any atom is 0.189 e. The Morgan fingerprint density at radius 3 is 2.58 bits per heavy atom. The fourth-order valence-corrected chi connectivity index (χ4v) is 2.84. The van der Waals surface area contributed by atoms with Crippen LogP contribution in [-0.4, -0.2) is 26.6 Å². The van der Waals surface area contributed by atoms with E-state index in [4.69, 9.17) is 21.1 Å². The van der Waals surface area contributed by atoms with Gasteiger partial charge in [-0.15, -0.1) is 0 Å². The highest BCUT2D eigenvalue weighted by molar-refractivity contribution is 9.10. The Kier molecular flexibility index (Phi) is 6.83. The summed E-state index contributed by atoms with van der Waals surface area (Å²) in [6.45, 7) is 7.72. The van der Waals surface area contributed by atoms with Crippen LogP contribution in [0.15, 0.2) is 16.6 Å². The number of rotatable bonds is 7. The third-order valence-corrected chi connectivity index (χ3v) is 5.37. The minimum Gasteiger partial charge on any atom is -0.466 e. The molecule has 1 aromatic carbocycles. The summed E-state index contributed by atoms with van der Waals surface area (Å²) in [4.78, 5) is 0. The van der Waals surface area contributed by atoms with Crippen molar-refractivity contribution in [2.24, 2.45) is 0 Å². The van der Waals surface area contributed by atoms with Gasteiger partial charge in [0.2, 0.25) is 0 Å². The van der Waals surface area contributed by atoms with Crippen molar-refractivity contribution in [2.45, 2.75) is 32.3 Å². The number of aliphatic hydroxyl groups is 1. The molecule has 0 aromatic heterocycles. The standard InChI is InChI=1S/C13H20BrClO3Si/c1-19(2,3)5-4-17-9-18-12-7-11(15)6-10(8-16)13(12)14/h6-7,16H,4-5,8-9H2,1-3H3. The molecule has 0 heterocycles. The summed E-state index contributed by atoms with van der Waals surface area (Å²) in [6.07, 6.45) is 0. The van der Waals surface area contributed by atoms with E-state index < -0.39 is 8.07 Å². The highest BCUT2D eigenvalue weighted by atomic mass is 79.9. The van der Waals surface area contributed by atoms with Gasteiger partial charge in [-0.1, -0.05) is 31.2 Å². The van der Waals surface area contributed by atoms with Crippen LogP contribution in [0.5, 0.6) is 5.75 Å². The van der Waals surface area contributed by atoms with Gasteiger partial charge in [0.05, 0.1) is 11.1 Å². The predicted octanol–water partition coefficient (Wildman–Crippen LogP) is 4.29. The van der Waals surface area contributed by atoms with Crippen LogP contribution >= 0.6 is 27.5 Å². The van der Waals surface area contributed by atoms with Gasteiger partial charge >= 0.3 is 0 Å². The Morgan fingerprint density at radius 2 is 2.00 bits per heavy atom. The lowest BCUT2D eigenvalue weighted by Crippen LogP contribution is -2.22. The number of benzene rings is 1. The quantitative estimate of drug-likeness (QED) is 0.444. The molecule has 0 aliphatic carbocycles. The molecule has 0 atom stereocenters. The van der Waals surface area contributed by atoms with Gasteiger partial charge in [0.1, 0.15) is 5.75 Å². The summed E-state index contributed by atoms with van der Waals surface area (Å²) < 4.78 is 11.7. The molecule has 0 bridgehead atoms. The highest BCUT2D eigenvalue weighted by Gasteiger charge is 2.12. The molecule has 108 valence electrons. The van der Waals surface area contributed by atoms with Crippen molar-refractivity contribution in [3.63, 3.8) is 0 Å². The van der Waals surface area contributed by atoms with E-state index in [1.807, 2.05) is 0 Å². The van der Waals surface area contributed by atoms with Gasteiger partial charge in [0.15, 0.2) is 6.79 Å². The summed E-state index contributed by atoms with van der Waals surface area (Å²) in [6, 6.07) is 4.51. The molecule has 0 radical (unpaired) electrons. The van der Waals surface area contributed by atoms with E-state index in [9.17, 15) is 5.11 Å². The third-order valence-electron chi connectivity index (χ3n) is 2.54. The van der Waals surface area contributed by atoms with Crippen LogP contribution in [0.2, 0.25) is 30.7 Å². The largest absolute Gasteiger partial charge is 0.466 e. The van der Waals surface area contributed by atoms with Gasteiger partial charge in [-0.05, 0) is 33.6 Å². The van der Waals surface area contributed by atoms with Crippen molar-refractivity contribution in [1.29, 1.82) is 0 Å². The normalized spacial score (nSPS) is 11.7. The first kappa shape index (κ1) is 17.0. The summed E-state index contributed by atoms with van der Waals surface area (Å²) >= 11 is 9.34. The fraction of sp³-hybridized carbons (Fsp3) is 0.538. The van der Waals surface area contributed by atoms with Crippen molar-refractivity contribution in [3.05, 3.63) is 27.2 Å². The Bertz CT molecular complexity index is 421. The molecule has 0 saturated heterocycles. The zero-order chi connectivity index (χ0) is 14.5. The lowest BCUT2D eigenvalue weighted by atomic mass is 10.2. The second kappa shape index (κ2) is 7.64. The summed E-state index contributed by atoms with van der Waals surface area (Å²) in [5.41, 5.74) is 0.699. The topological polar surface area (TPSA) is 38.7 Å². The monoisotopic (exact) mass is 366 g/mol. The van der Waals surface area contributed by atoms with E-state index in [0.29, 0.717) is 27.4 Å². The predicted molar refractivity (Wildman–Crippen MR) is 84.7 cm³/mol. The number of ether oxygens (including phenoxy) is 2. The van der Waals surface area contributed by atoms with Crippen molar-refractivity contribution < 1.29 is 14.6 Å². The second-order valence-electron chi connectivity index (χ2n) is 5.52. The number of hydrogen-bond donors (Lipinski definition) is 1. The van der Waals surface area contributed by atoms with Crippen LogP contribution in [0.25, 0.3) is 0 Å². The Morgan fingerprint density at radius 1 is 1.32 bits per heavy atom. The van der Waals surface area contributed by atoms with Crippen LogP contribution in [0.1, 0.15) is 5.56 Å². The Balaban J connectivity index is 2.47. The molecule has 1 rings (SSSR count). The van der Waals surface area contributed by atoms with Crippen molar-refractivity contribution in [3.8, 4) is 5.75 Å². The zero-order valence-electron chi connectivity index (χ0n) is 11.5. The van der Waals surface area contributed by atoms with Crippen LogP contribution < -0.4 is 4.74 Å². The van der Waals surface area contributed by atoms with Crippen molar-refractivity contribution in [2.75, 3.05) is 13.4 Å². The van der Waals surface area contributed by atoms with E-state index in [1.165, 1.54) is 0 Å². The molecule has 0 aliphatic heterocycles. The van der Waals surface area contributed by atoms with Gasteiger partial charge in [-0.25, -0.2) is 0 Å². The molecule has 0 fully saturated rings. The molecular formula is C13H20BrClO3Si. The van der Waals surface area contributed by atoms with Gasteiger partial charge in [-0.2, -0.15) is 0 Å². The SMILES string of the molecule is C[Si](C)(C)CCOCOc1cc(Cl)cc(CO)c1Br.